The molecule has 3 aromatic heterocycles. The quantitative estimate of drug-likeness (QED) is 0.220. The molecule has 42 heavy (non-hydrogen) atoms. The highest BCUT2D eigenvalue weighted by Gasteiger charge is 2.33. The molecule has 1 amide bonds. The number of nitrogens with zero attached hydrogens (tertiary/aromatic N) is 7. The largest absolute Gasteiger partial charge is 0.422 e. The number of halogens is 1. The second-order valence-corrected chi connectivity index (χ2v) is 10.6. The molecule has 0 radical (unpaired) electrons. The van der Waals surface area contributed by atoms with Crippen molar-refractivity contribution in [2.45, 2.75) is 51.6 Å². The maximum atomic E-state index is 13.5. The molecule has 5 aromatic rings. The van der Waals surface area contributed by atoms with Crippen molar-refractivity contribution in [2.75, 3.05) is 16.8 Å². The molecule has 1 saturated heterocycles. The number of benzene rings is 2. The molecule has 0 saturated carbocycles. The van der Waals surface area contributed by atoms with Gasteiger partial charge in [0.2, 0.25) is 11.7 Å². The van der Waals surface area contributed by atoms with Gasteiger partial charge in [0.25, 0.3) is 5.56 Å². The molecule has 2 aromatic carbocycles. The normalized spacial score (nSPS) is 14.9. The van der Waals surface area contributed by atoms with Gasteiger partial charge in [-0.1, -0.05) is 53.7 Å². The standard InChI is InChI=1S/C29H30ClN9O3/c1-2-3-4-15-38-25(17-26(40)39-18-23(32-29(38)39)19-7-9-20(30)10-8-19)37-16-5-6-24(37)27(41)31-21-11-13-22(14-12-21)42-28-33-35-36-34-28/h7-14,17-18,24H,2-6,15-16H2,1H3,(H,31,41)(H,33,34,35,36)/t24-/m0/s1. The van der Waals surface area contributed by atoms with Crippen LogP contribution in [0.5, 0.6) is 11.8 Å². The zero-order valence-corrected chi connectivity index (χ0v) is 23.8. The average molecular weight is 588 g/mol. The Bertz CT molecular complexity index is 1730. The number of hydrogen-bond acceptors (Lipinski definition) is 8. The second kappa shape index (κ2) is 12.0. The molecule has 0 unspecified atom stereocenters. The Morgan fingerprint density at radius 1 is 1.14 bits per heavy atom. The van der Waals surface area contributed by atoms with Gasteiger partial charge in [-0.2, -0.15) is 5.21 Å². The minimum atomic E-state index is -0.440. The van der Waals surface area contributed by atoms with E-state index in [-0.39, 0.29) is 17.5 Å². The Labute approximate surface area is 246 Å². The van der Waals surface area contributed by atoms with Gasteiger partial charge in [-0.15, -0.1) is 0 Å². The molecule has 1 aliphatic heterocycles. The fourth-order valence-electron chi connectivity index (χ4n) is 5.26. The maximum Gasteiger partial charge on any atom is 0.361 e. The van der Waals surface area contributed by atoms with E-state index in [0.717, 1.165) is 31.2 Å². The Kier molecular flexibility index (Phi) is 7.87. The van der Waals surface area contributed by atoms with Crippen LogP contribution in [0.1, 0.15) is 39.0 Å². The van der Waals surface area contributed by atoms with E-state index in [1.54, 1.807) is 40.9 Å². The van der Waals surface area contributed by atoms with Gasteiger partial charge < -0.3 is 15.0 Å². The number of imidazole rings is 1. The van der Waals surface area contributed by atoms with Crippen molar-refractivity contribution in [3.8, 4) is 23.0 Å². The highest BCUT2D eigenvalue weighted by atomic mass is 35.5. The molecule has 2 N–H and O–H groups in total. The van der Waals surface area contributed by atoms with Gasteiger partial charge in [0, 0.05) is 41.6 Å². The second-order valence-electron chi connectivity index (χ2n) is 10.2. The predicted octanol–water partition coefficient (Wildman–Crippen LogP) is 4.92. The molecule has 4 heterocycles. The van der Waals surface area contributed by atoms with Gasteiger partial charge in [-0.25, -0.2) is 4.98 Å². The summed E-state index contributed by atoms with van der Waals surface area (Å²) in [5.41, 5.74) is 2.00. The number of carbonyl (C=O) groups excluding carboxylic acids is 1. The summed E-state index contributed by atoms with van der Waals surface area (Å²) in [4.78, 5) is 33.8. The third-order valence-corrected chi connectivity index (χ3v) is 7.58. The Morgan fingerprint density at radius 3 is 2.69 bits per heavy atom. The summed E-state index contributed by atoms with van der Waals surface area (Å²) in [6.07, 6.45) is 6.29. The monoisotopic (exact) mass is 587 g/mol. The molecule has 13 heteroatoms. The molecule has 216 valence electrons. The number of ether oxygens (including phenoxy) is 1. The Balaban J connectivity index is 1.28. The summed E-state index contributed by atoms with van der Waals surface area (Å²) >= 11 is 6.08. The average Bonchev–Trinajstić information content (AvgIpc) is 3.77. The van der Waals surface area contributed by atoms with E-state index >= 15 is 0 Å². The molecule has 12 nitrogen and oxygen atoms in total. The van der Waals surface area contributed by atoms with E-state index in [2.05, 4.69) is 37.4 Å². The van der Waals surface area contributed by atoms with Crippen molar-refractivity contribution in [1.29, 1.82) is 0 Å². The molecular formula is C29H30ClN9O3. The Hall–Kier alpha value is -4.71. The fraction of sp³-hybridized carbons (Fsp3) is 0.310. The lowest BCUT2D eigenvalue weighted by atomic mass is 10.2. The number of tetrazole rings is 1. The first-order valence-electron chi connectivity index (χ1n) is 14.0. The third kappa shape index (κ3) is 5.70. The minimum absolute atomic E-state index is 0.105. The first-order chi connectivity index (χ1) is 20.5. The van der Waals surface area contributed by atoms with Crippen LogP contribution in [0.25, 0.3) is 17.0 Å². The fourth-order valence-corrected chi connectivity index (χ4v) is 5.39. The topological polar surface area (TPSA) is 135 Å². The number of nitrogens with one attached hydrogen (secondary N) is 2. The van der Waals surface area contributed by atoms with E-state index in [9.17, 15) is 9.59 Å². The number of anilines is 2. The molecule has 1 atom stereocenters. The molecule has 6 rings (SSSR count). The number of carbonyl (C=O) groups is 1. The highest BCUT2D eigenvalue weighted by molar-refractivity contribution is 6.30. The maximum absolute atomic E-state index is 13.5. The molecule has 1 fully saturated rings. The number of aryl methyl sites for hydroxylation is 1. The van der Waals surface area contributed by atoms with Gasteiger partial charge in [-0.3, -0.25) is 18.6 Å². The molecule has 0 bridgehead atoms. The third-order valence-electron chi connectivity index (χ3n) is 7.33. The van der Waals surface area contributed by atoms with Gasteiger partial charge in [0.15, 0.2) is 0 Å². The highest BCUT2D eigenvalue weighted by Crippen LogP contribution is 2.29. The van der Waals surface area contributed by atoms with E-state index in [1.807, 2.05) is 29.2 Å². The SMILES string of the molecule is CCCCCn1c(N2CCC[C@H]2C(=O)Nc2ccc(Oc3nn[nH]n3)cc2)cc(=O)n2cc(-c3ccc(Cl)cc3)nc12. The van der Waals surface area contributed by atoms with Crippen LogP contribution in [0, 0.1) is 0 Å². The van der Waals surface area contributed by atoms with Crippen molar-refractivity contribution >= 4 is 34.8 Å². The molecular weight excluding hydrogens is 558 g/mol. The number of aromatic nitrogens is 7. The van der Waals surface area contributed by atoms with Crippen LogP contribution in [0.4, 0.5) is 11.5 Å². The smallest absolute Gasteiger partial charge is 0.361 e. The number of H-pyrrole nitrogens is 1. The van der Waals surface area contributed by atoms with Crippen LogP contribution in [0.2, 0.25) is 5.02 Å². The van der Waals surface area contributed by atoms with Crippen LogP contribution in [-0.4, -0.2) is 53.1 Å². The predicted molar refractivity (Wildman–Crippen MR) is 159 cm³/mol. The lowest BCUT2D eigenvalue weighted by Gasteiger charge is -2.29. The van der Waals surface area contributed by atoms with Crippen LogP contribution < -0.4 is 20.5 Å². The van der Waals surface area contributed by atoms with Crippen molar-refractivity contribution in [3.05, 3.63) is 76.2 Å². The molecule has 1 aliphatic rings. The van der Waals surface area contributed by atoms with Crippen molar-refractivity contribution < 1.29 is 9.53 Å². The molecule has 0 aliphatic carbocycles. The van der Waals surface area contributed by atoms with Gasteiger partial charge >= 0.3 is 6.01 Å². The van der Waals surface area contributed by atoms with E-state index in [0.29, 0.717) is 53.3 Å². The number of amides is 1. The van der Waals surface area contributed by atoms with Gasteiger partial charge in [0.1, 0.15) is 17.6 Å². The Morgan fingerprint density at radius 2 is 1.95 bits per heavy atom. The number of fused-ring (bicyclic) bond motifs is 1. The first-order valence-corrected chi connectivity index (χ1v) is 14.4. The van der Waals surface area contributed by atoms with E-state index < -0.39 is 6.04 Å². The van der Waals surface area contributed by atoms with Gasteiger partial charge in [0.05, 0.1) is 5.69 Å². The lowest BCUT2D eigenvalue weighted by Crippen LogP contribution is -2.42. The van der Waals surface area contributed by atoms with E-state index in [1.165, 1.54) is 0 Å². The molecule has 0 spiro atoms. The van der Waals surface area contributed by atoms with Crippen molar-refractivity contribution in [2.24, 2.45) is 0 Å². The summed E-state index contributed by atoms with van der Waals surface area (Å²) in [6.45, 7) is 3.49. The number of rotatable bonds is 10. The number of unbranched alkanes of at least 4 members (excludes halogenated alkanes) is 2. The number of aromatic amines is 1. The summed E-state index contributed by atoms with van der Waals surface area (Å²) in [7, 11) is 0. The zero-order chi connectivity index (χ0) is 29.1. The van der Waals surface area contributed by atoms with Crippen LogP contribution >= 0.6 is 11.6 Å². The first kappa shape index (κ1) is 27.5. The van der Waals surface area contributed by atoms with E-state index in [4.69, 9.17) is 21.3 Å². The number of hydrogen-bond donors (Lipinski definition) is 2. The van der Waals surface area contributed by atoms with Crippen LogP contribution in [0.15, 0.2) is 65.6 Å². The van der Waals surface area contributed by atoms with Crippen molar-refractivity contribution in [1.82, 2.24) is 34.6 Å². The van der Waals surface area contributed by atoms with Crippen LogP contribution in [0.3, 0.4) is 0 Å². The summed E-state index contributed by atoms with van der Waals surface area (Å²) in [5.74, 6) is 1.64. The van der Waals surface area contributed by atoms with Crippen molar-refractivity contribution in [3.63, 3.8) is 0 Å². The summed E-state index contributed by atoms with van der Waals surface area (Å²) in [5, 5.41) is 17.0. The van der Waals surface area contributed by atoms with Crippen LogP contribution in [-0.2, 0) is 11.3 Å². The van der Waals surface area contributed by atoms with Gasteiger partial charge in [-0.05, 0) is 60.9 Å². The lowest BCUT2D eigenvalue weighted by molar-refractivity contribution is -0.117. The summed E-state index contributed by atoms with van der Waals surface area (Å²) in [6, 6.07) is 15.6. The zero-order valence-electron chi connectivity index (χ0n) is 23.0. The summed E-state index contributed by atoms with van der Waals surface area (Å²) < 4.78 is 9.17. The minimum Gasteiger partial charge on any atom is -0.422 e.